The minimum Gasteiger partial charge on any atom is -0.462 e. The Balaban J connectivity index is 0.822. The van der Waals surface area contributed by atoms with Gasteiger partial charge in [0, 0.05) is 94.3 Å². The molecule has 21 heteroatoms. The second-order valence-corrected chi connectivity index (χ2v) is 24.0. The monoisotopic (exact) mass is 1090 g/mol. The molecule has 2 aliphatic heterocycles. The first-order valence-corrected chi connectivity index (χ1v) is 30.0. The van der Waals surface area contributed by atoms with Crippen LogP contribution in [0.2, 0.25) is 0 Å². The molecule has 0 aromatic rings. The SMILES string of the molecule is C[C@H](CCC(=O)NCCOCCCOCCCOCCOCCNC(=O)CCCC[C@H]1SCC2NC(=O)NC21)C1CCC2C3C(C[C@H](OC(=O)CCN)[C@@]21C)[C@@]1(C)CC[C@@H](OC(=O)CCN)CC1C[C@H]3OC(=O)CCN. The highest BCUT2D eigenvalue weighted by atomic mass is 32.2. The normalized spacial score (nSPS) is 31.7. The Bertz CT molecular complexity index is 1860. The van der Waals surface area contributed by atoms with Gasteiger partial charge in [-0.1, -0.05) is 27.2 Å². The highest BCUT2D eigenvalue weighted by Crippen LogP contribution is 2.69. The number of nitrogens with two attached hydrogens (primary N) is 3. The molecule has 4 aliphatic carbocycles. The third-order valence-corrected chi connectivity index (χ3v) is 19.4. The molecule has 2 saturated heterocycles. The topological polar surface area (TPSA) is 293 Å². The molecule has 10 N–H and O–H groups in total. The first-order chi connectivity index (χ1) is 36.7. The van der Waals surface area contributed by atoms with Crippen molar-refractivity contribution in [3.05, 3.63) is 0 Å². The fraction of sp³-hybridized carbons (Fsp3) is 0.891. The molecule has 6 aliphatic rings. The molecule has 4 saturated carbocycles. The molecule has 7 unspecified atom stereocenters. The summed E-state index contributed by atoms with van der Waals surface area (Å²) in [5, 5.41) is 12.3. The summed E-state index contributed by atoms with van der Waals surface area (Å²) in [6, 6.07) is 0.368. The lowest BCUT2D eigenvalue weighted by Gasteiger charge is -2.64. The van der Waals surface area contributed by atoms with Crippen LogP contribution >= 0.6 is 11.8 Å². The van der Waals surface area contributed by atoms with Gasteiger partial charge in [-0.15, -0.1) is 0 Å². The number of urea groups is 1. The van der Waals surface area contributed by atoms with E-state index in [4.69, 9.17) is 50.4 Å². The lowest BCUT2D eigenvalue weighted by atomic mass is 9.43. The molecule has 0 aromatic carbocycles. The van der Waals surface area contributed by atoms with Crippen molar-refractivity contribution >= 4 is 47.5 Å². The van der Waals surface area contributed by atoms with Gasteiger partial charge in [0.25, 0.3) is 0 Å². The maximum absolute atomic E-state index is 13.4. The average Bonchev–Trinajstić information content (AvgIpc) is 4.17. The first kappa shape index (κ1) is 61.9. The summed E-state index contributed by atoms with van der Waals surface area (Å²) in [6.45, 7) is 12.4. The van der Waals surface area contributed by atoms with E-state index in [0.29, 0.717) is 110 Å². The number of thioether (sulfide) groups is 1. The van der Waals surface area contributed by atoms with Crippen molar-refractivity contribution in [2.24, 2.45) is 63.5 Å². The molecule has 76 heavy (non-hydrogen) atoms. The molecule has 0 spiro atoms. The molecule has 4 amide bonds. The number of amides is 4. The number of rotatable bonds is 35. The van der Waals surface area contributed by atoms with Crippen LogP contribution in [-0.4, -0.2) is 163 Å². The van der Waals surface area contributed by atoms with Crippen molar-refractivity contribution in [3.63, 3.8) is 0 Å². The van der Waals surface area contributed by atoms with Crippen molar-refractivity contribution in [3.8, 4) is 0 Å². The molecule has 20 nitrogen and oxygen atoms in total. The summed E-state index contributed by atoms with van der Waals surface area (Å²) in [5.74, 6) is 0.808. The minimum absolute atomic E-state index is 0.0241. The van der Waals surface area contributed by atoms with Gasteiger partial charge in [-0.3, -0.25) is 24.0 Å². The van der Waals surface area contributed by atoms with Crippen LogP contribution in [0.4, 0.5) is 4.79 Å². The third kappa shape index (κ3) is 17.3. The highest BCUT2D eigenvalue weighted by molar-refractivity contribution is 8.00. The van der Waals surface area contributed by atoms with E-state index in [1.807, 2.05) is 11.8 Å². The van der Waals surface area contributed by atoms with Crippen molar-refractivity contribution in [1.29, 1.82) is 0 Å². The summed E-state index contributed by atoms with van der Waals surface area (Å²) >= 11 is 1.90. The van der Waals surface area contributed by atoms with Crippen LogP contribution in [0.1, 0.15) is 136 Å². The van der Waals surface area contributed by atoms with E-state index in [0.717, 1.165) is 63.5 Å². The van der Waals surface area contributed by atoms with E-state index in [1.54, 1.807) is 0 Å². The molecular weight excluding hydrogens is 999 g/mol. The van der Waals surface area contributed by atoms with Crippen LogP contribution in [0, 0.1) is 46.3 Å². The number of hydrogen-bond acceptors (Lipinski definition) is 17. The minimum atomic E-state index is -0.416. The summed E-state index contributed by atoms with van der Waals surface area (Å²) in [7, 11) is 0. The second-order valence-electron chi connectivity index (χ2n) is 22.8. The van der Waals surface area contributed by atoms with Crippen LogP contribution < -0.4 is 38.5 Å². The Morgan fingerprint density at radius 2 is 1.28 bits per heavy atom. The van der Waals surface area contributed by atoms with Gasteiger partial charge in [0.1, 0.15) is 18.3 Å². The maximum Gasteiger partial charge on any atom is 0.315 e. The van der Waals surface area contributed by atoms with E-state index in [9.17, 15) is 28.8 Å². The van der Waals surface area contributed by atoms with Crippen molar-refractivity contribution in [2.45, 2.75) is 172 Å². The second kappa shape index (κ2) is 31.5. The van der Waals surface area contributed by atoms with E-state index < -0.39 is 5.41 Å². The van der Waals surface area contributed by atoms with E-state index in [-0.39, 0.29) is 146 Å². The molecule has 0 radical (unpaired) electrons. The largest absolute Gasteiger partial charge is 0.462 e. The Labute approximate surface area is 456 Å². The number of unbranched alkanes of at least 4 members (excludes halogenated alkanes) is 1. The smallest absolute Gasteiger partial charge is 0.315 e. The van der Waals surface area contributed by atoms with Gasteiger partial charge >= 0.3 is 23.9 Å². The fourth-order valence-electron chi connectivity index (χ4n) is 14.1. The number of carbonyl (C=O) groups is 6. The lowest BCUT2D eigenvalue weighted by molar-refractivity contribution is -0.225. The van der Waals surface area contributed by atoms with Crippen LogP contribution in [0.5, 0.6) is 0 Å². The van der Waals surface area contributed by atoms with Crippen LogP contribution in [-0.2, 0) is 57.1 Å². The number of esters is 3. The number of ether oxygens (including phenoxy) is 7. The van der Waals surface area contributed by atoms with Gasteiger partial charge < -0.3 is 71.6 Å². The Hall–Kier alpha value is -3.31. The summed E-state index contributed by atoms with van der Waals surface area (Å²) < 4.78 is 41.5. The number of fused-ring (bicyclic) bond motifs is 6. The molecule has 0 aromatic heterocycles. The summed E-state index contributed by atoms with van der Waals surface area (Å²) in [6.07, 6.45) is 10.7. The van der Waals surface area contributed by atoms with Crippen LogP contribution in [0.15, 0.2) is 0 Å². The predicted molar refractivity (Wildman–Crippen MR) is 288 cm³/mol. The summed E-state index contributed by atoms with van der Waals surface area (Å²) in [5.41, 5.74) is 16.8. The quantitative estimate of drug-likeness (QED) is 0.0205. The molecular formula is C55H95N7O13S. The van der Waals surface area contributed by atoms with Crippen molar-refractivity contribution < 1.29 is 61.9 Å². The Morgan fingerprint density at radius 1 is 0.671 bits per heavy atom. The van der Waals surface area contributed by atoms with Crippen molar-refractivity contribution in [1.82, 2.24) is 21.3 Å². The van der Waals surface area contributed by atoms with Gasteiger partial charge in [-0.2, -0.15) is 11.8 Å². The summed E-state index contributed by atoms with van der Waals surface area (Å²) in [4.78, 5) is 76.0. The zero-order valence-electron chi connectivity index (χ0n) is 46.0. The highest BCUT2D eigenvalue weighted by Gasteiger charge is 2.68. The van der Waals surface area contributed by atoms with Gasteiger partial charge in [0.15, 0.2) is 0 Å². The fourth-order valence-corrected chi connectivity index (χ4v) is 15.6. The number of carbonyl (C=O) groups excluding carboxylic acids is 6. The number of hydrogen-bond donors (Lipinski definition) is 7. The lowest BCUT2D eigenvalue weighted by Crippen LogP contribution is -2.63. The zero-order valence-corrected chi connectivity index (χ0v) is 46.8. The van der Waals surface area contributed by atoms with Gasteiger partial charge in [-0.25, -0.2) is 4.79 Å². The Morgan fingerprint density at radius 3 is 1.95 bits per heavy atom. The van der Waals surface area contributed by atoms with Crippen molar-refractivity contribution in [2.75, 3.05) is 91.3 Å². The first-order valence-electron chi connectivity index (χ1n) is 28.9. The van der Waals surface area contributed by atoms with Crippen LogP contribution in [0.3, 0.4) is 0 Å². The zero-order chi connectivity index (χ0) is 54.5. The van der Waals surface area contributed by atoms with Gasteiger partial charge in [0.05, 0.1) is 57.8 Å². The van der Waals surface area contributed by atoms with E-state index >= 15 is 0 Å². The van der Waals surface area contributed by atoms with Crippen LogP contribution in [0.25, 0.3) is 0 Å². The molecule has 6 rings (SSSR count). The third-order valence-electron chi connectivity index (χ3n) is 17.9. The van der Waals surface area contributed by atoms with E-state index in [2.05, 4.69) is 42.0 Å². The Kier molecular flexibility index (Phi) is 25.6. The predicted octanol–water partition coefficient (Wildman–Crippen LogP) is 3.87. The molecule has 14 atom stereocenters. The maximum atomic E-state index is 13.4. The molecule has 0 bridgehead atoms. The molecule has 6 fully saturated rings. The van der Waals surface area contributed by atoms with Gasteiger partial charge in [0.2, 0.25) is 11.8 Å². The van der Waals surface area contributed by atoms with E-state index in [1.165, 1.54) is 0 Å². The average molecular weight is 1090 g/mol. The number of nitrogens with one attached hydrogen (secondary N) is 4. The molecule has 434 valence electrons. The van der Waals surface area contributed by atoms with Gasteiger partial charge in [-0.05, 0) is 112 Å². The standard InChI is InChI=1S/C55H95N7O13S/c1-36(10-13-47(64)60-22-28-70-26-6-24-69-25-7-27-71-30-31-72-29-23-59-46(63)9-5-4-8-44-52-42(35-76-44)61-53(68)62-52)39-11-12-40-51-41(34-45(55(39,40)3)75-50(67)17-21-58)54(2)18-14-38(73-48(65)15-19-56)32-37(54)33-43(51)74-49(66)16-20-57/h36-45,51-52H,4-35,56-58H2,1-3H3,(H,59,63)(H,60,64)(H2,61,62,68)/t36-,37?,38-,39?,40?,41?,42?,43-,44-,45+,51?,52?,54+,55-/m1/s1. The molecule has 2 heterocycles.